The molecule has 1 aromatic heterocycles. The van der Waals surface area contributed by atoms with E-state index in [4.69, 9.17) is 5.73 Å². The van der Waals surface area contributed by atoms with Gasteiger partial charge in [-0.05, 0) is 52.0 Å². The molecule has 1 heterocycles. The van der Waals surface area contributed by atoms with Crippen LogP contribution in [0, 0.1) is 5.41 Å². The SMILES string of the molecule is CC(C)(C)n1ccnc(NCC2(CCN)CC2)c1=O. The summed E-state index contributed by atoms with van der Waals surface area (Å²) in [6, 6.07) is 0. The molecular formula is C14H24N4O. The van der Waals surface area contributed by atoms with Crippen LogP contribution in [-0.2, 0) is 5.54 Å². The van der Waals surface area contributed by atoms with E-state index in [2.05, 4.69) is 10.3 Å². The van der Waals surface area contributed by atoms with Crippen LogP contribution in [0.25, 0.3) is 0 Å². The number of nitrogens with one attached hydrogen (secondary N) is 1. The molecule has 0 bridgehead atoms. The van der Waals surface area contributed by atoms with Crippen LogP contribution < -0.4 is 16.6 Å². The van der Waals surface area contributed by atoms with Crippen molar-refractivity contribution in [2.75, 3.05) is 18.4 Å². The standard InChI is InChI=1S/C14H24N4O/c1-13(2,3)18-9-8-16-11(12(18)19)17-10-14(4-5-14)6-7-15/h8-9H,4-7,10,15H2,1-3H3,(H,16,17). The molecule has 106 valence electrons. The highest BCUT2D eigenvalue weighted by atomic mass is 16.1. The first-order valence-corrected chi connectivity index (χ1v) is 6.90. The summed E-state index contributed by atoms with van der Waals surface area (Å²) >= 11 is 0. The minimum absolute atomic E-state index is 0.0569. The molecule has 1 aliphatic rings. The van der Waals surface area contributed by atoms with E-state index >= 15 is 0 Å². The van der Waals surface area contributed by atoms with Gasteiger partial charge in [-0.3, -0.25) is 4.79 Å². The summed E-state index contributed by atoms with van der Waals surface area (Å²) < 4.78 is 1.71. The van der Waals surface area contributed by atoms with Gasteiger partial charge in [0.25, 0.3) is 5.56 Å². The number of anilines is 1. The zero-order valence-electron chi connectivity index (χ0n) is 12.1. The van der Waals surface area contributed by atoms with Gasteiger partial charge in [-0.1, -0.05) is 0 Å². The minimum atomic E-state index is -0.231. The molecule has 19 heavy (non-hydrogen) atoms. The topological polar surface area (TPSA) is 72.9 Å². The van der Waals surface area contributed by atoms with Crippen molar-refractivity contribution in [3.63, 3.8) is 0 Å². The Labute approximate surface area is 114 Å². The van der Waals surface area contributed by atoms with Crippen molar-refractivity contribution in [3.8, 4) is 0 Å². The van der Waals surface area contributed by atoms with Gasteiger partial charge in [-0.15, -0.1) is 0 Å². The number of aromatic nitrogens is 2. The van der Waals surface area contributed by atoms with Crippen LogP contribution in [0.2, 0.25) is 0 Å². The molecule has 1 aliphatic carbocycles. The van der Waals surface area contributed by atoms with Crippen molar-refractivity contribution >= 4 is 5.82 Å². The van der Waals surface area contributed by atoms with Gasteiger partial charge >= 0.3 is 0 Å². The quantitative estimate of drug-likeness (QED) is 0.846. The second kappa shape index (κ2) is 4.96. The lowest BCUT2D eigenvalue weighted by molar-refractivity contribution is 0.383. The van der Waals surface area contributed by atoms with Gasteiger partial charge in [0.2, 0.25) is 0 Å². The molecule has 5 nitrogen and oxygen atoms in total. The summed E-state index contributed by atoms with van der Waals surface area (Å²) in [5.41, 5.74) is 5.63. The third-order valence-electron chi connectivity index (χ3n) is 3.83. The Bertz CT molecular complexity index is 497. The van der Waals surface area contributed by atoms with Gasteiger partial charge in [0.05, 0.1) is 0 Å². The van der Waals surface area contributed by atoms with Crippen molar-refractivity contribution in [3.05, 3.63) is 22.7 Å². The number of hydrogen-bond acceptors (Lipinski definition) is 4. The van der Waals surface area contributed by atoms with E-state index in [1.807, 2.05) is 20.8 Å². The summed E-state index contributed by atoms with van der Waals surface area (Å²) in [5.74, 6) is 0.445. The molecule has 0 aromatic carbocycles. The van der Waals surface area contributed by atoms with Crippen LogP contribution in [0.1, 0.15) is 40.0 Å². The van der Waals surface area contributed by atoms with Crippen molar-refractivity contribution in [2.24, 2.45) is 11.1 Å². The number of rotatable bonds is 5. The van der Waals surface area contributed by atoms with Gasteiger partial charge in [0, 0.05) is 24.5 Å². The highest BCUT2D eigenvalue weighted by Crippen LogP contribution is 2.48. The molecule has 1 saturated carbocycles. The third-order valence-corrected chi connectivity index (χ3v) is 3.83. The first-order valence-electron chi connectivity index (χ1n) is 6.90. The fourth-order valence-electron chi connectivity index (χ4n) is 2.33. The maximum Gasteiger partial charge on any atom is 0.293 e. The zero-order valence-corrected chi connectivity index (χ0v) is 12.1. The Morgan fingerprint density at radius 1 is 1.47 bits per heavy atom. The summed E-state index contributed by atoms with van der Waals surface area (Å²) in [7, 11) is 0. The predicted octanol–water partition coefficient (Wildman–Crippen LogP) is 1.54. The second-order valence-electron chi connectivity index (χ2n) is 6.51. The Morgan fingerprint density at radius 3 is 2.68 bits per heavy atom. The normalized spacial score (nSPS) is 17.3. The van der Waals surface area contributed by atoms with E-state index in [0.717, 1.165) is 13.0 Å². The summed E-state index contributed by atoms with van der Waals surface area (Å²) in [6.45, 7) is 7.52. The number of hydrogen-bond donors (Lipinski definition) is 2. The van der Waals surface area contributed by atoms with Crippen molar-refractivity contribution in [1.29, 1.82) is 0 Å². The van der Waals surface area contributed by atoms with E-state index in [9.17, 15) is 4.79 Å². The van der Waals surface area contributed by atoms with E-state index in [-0.39, 0.29) is 11.1 Å². The van der Waals surface area contributed by atoms with Gasteiger partial charge in [-0.2, -0.15) is 0 Å². The molecule has 1 fully saturated rings. The monoisotopic (exact) mass is 264 g/mol. The molecule has 0 unspecified atom stereocenters. The molecule has 0 saturated heterocycles. The Balaban J connectivity index is 2.12. The molecule has 0 amide bonds. The Kier molecular flexibility index (Phi) is 3.67. The molecule has 3 N–H and O–H groups in total. The van der Waals surface area contributed by atoms with E-state index in [1.165, 1.54) is 12.8 Å². The lowest BCUT2D eigenvalue weighted by Crippen LogP contribution is -2.35. The van der Waals surface area contributed by atoms with Crippen LogP contribution in [0.5, 0.6) is 0 Å². The summed E-state index contributed by atoms with van der Waals surface area (Å²) in [4.78, 5) is 16.5. The van der Waals surface area contributed by atoms with Crippen LogP contribution in [0.3, 0.4) is 0 Å². The summed E-state index contributed by atoms with van der Waals surface area (Å²) in [6.07, 6.45) is 6.81. The highest BCUT2D eigenvalue weighted by molar-refractivity contribution is 5.32. The van der Waals surface area contributed by atoms with Crippen LogP contribution in [0.4, 0.5) is 5.82 Å². The summed E-state index contributed by atoms with van der Waals surface area (Å²) in [5, 5.41) is 3.21. The van der Waals surface area contributed by atoms with Gasteiger partial charge < -0.3 is 15.6 Å². The van der Waals surface area contributed by atoms with Crippen molar-refractivity contribution < 1.29 is 0 Å². The fourth-order valence-corrected chi connectivity index (χ4v) is 2.33. The average Bonchev–Trinajstić information content (AvgIpc) is 3.07. The largest absolute Gasteiger partial charge is 0.365 e. The zero-order chi connectivity index (χ0) is 14.1. The maximum atomic E-state index is 12.3. The maximum absolute atomic E-state index is 12.3. The lowest BCUT2D eigenvalue weighted by Gasteiger charge is -2.23. The Morgan fingerprint density at radius 2 is 2.16 bits per heavy atom. The molecule has 0 radical (unpaired) electrons. The predicted molar refractivity (Wildman–Crippen MR) is 77.3 cm³/mol. The van der Waals surface area contributed by atoms with Crippen molar-refractivity contribution in [1.82, 2.24) is 9.55 Å². The molecule has 0 spiro atoms. The first-order chi connectivity index (χ1) is 8.88. The van der Waals surface area contributed by atoms with Crippen LogP contribution in [0.15, 0.2) is 17.2 Å². The van der Waals surface area contributed by atoms with Gasteiger partial charge in [0.15, 0.2) is 5.82 Å². The van der Waals surface area contributed by atoms with E-state index < -0.39 is 0 Å². The lowest BCUT2D eigenvalue weighted by atomic mass is 10.0. The Hall–Kier alpha value is -1.36. The molecule has 1 aromatic rings. The van der Waals surface area contributed by atoms with Gasteiger partial charge in [-0.25, -0.2) is 4.98 Å². The second-order valence-corrected chi connectivity index (χ2v) is 6.51. The van der Waals surface area contributed by atoms with E-state index in [0.29, 0.717) is 17.8 Å². The van der Waals surface area contributed by atoms with Crippen LogP contribution in [-0.4, -0.2) is 22.6 Å². The molecular weight excluding hydrogens is 240 g/mol. The molecule has 5 heteroatoms. The highest BCUT2D eigenvalue weighted by Gasteiger charge is 2.41. The molecule has 0 atom stereocenters. The number of nitrogens with two attached hydrogens (primary N) is 1. The average molecular weight is 264 g/mol. The first kappa shape index (κ1) is 14.1. The molecule has 0 aliphatic heterocycles. The van der Waals surface area contributed by atoms with E-state index in [1.54, 1.807) is 17.0 Å². The smallest absolute Gasteiger partial charge is 0.293 e. The fraction of sp³-hybridized carbons (Fsp3) is 0.714. The molecule has 2 rings (SSSR count). The third kappa shape index (κ3) is 3.15. The number of nitrogens with zero attached hydrogens (tertiary/aromatic N) is 2. The van der Waals surface area contributed by atoms with Crippen LogP contribution >= 0.6 is 0 Å². The van der Waals surface area contributed by atoms with Crippen molar-refractivity contribution in [2.45, 2.75) is 45.6 Å². The minimum Gasteiger partial charge on any atom is -0.365 e. The van der Waals surface area contributed by atoms with Gasteiger partial charge in [0.1, 0.15) is 0 Å².